The SMILES string of the molecule is COc1nc(N[C@H]2C[C@](C)(C(=O)N(C)C)C2)nc2[nH]cc(-c3ccc4nnc(C)n4c3)c12. The first kappa shape index (κ1) is 20.2. The molecule has 4 heterocycles. The van der Waals surface area contributed by atoms with E-state index in [0.717, 1.165) is 40.8 Å². The van der Waals surface area contributed by atoms with Gasteiger partial charge in [0, 0.05) is 43.7 Å². The van der Waals surface area contributed by atoms with Gasteiger partial charge < -0.3 is 19.9 Å². The first-order chi connectivity index (χ1) is 15.3. The molecule has 0 saturated heterocycles. The third kappa shape index (κ3) is 3.14. The number of carbonyl (C=O) groups is 1. The number of fused-ring (bicyclic) bond motifs is 2. The number of H-pyrrole nitrogens is 1. The molecule has 4 aromatic heterocycles. The number of nitrogens with one attached hydrogen (secondary N) is 2. The van der Waals surface area contributed by atoms with Crippen molar-refractivity contribution >= 4 is 28.5 Å². The molecule has 1 fully saturated rings. The highest BCUT2D eigenvalue weighted by atomic mass is 16.5. The van der Waals surface area contributed by atoms with Gasteiger partial charge in [0.15, 0.2) is 5.65 Å². The van der Waals surface area contributed by atoms with Gasteiger partial charge in [0.05, 0.1) is 17.9 Å². The zero-order valence-corrected chi connectivity index (χ0v) is 18.8. The molecule has 0 unspecified atom stereocenters. The lowest BCUT2D eigenvalue weighted by molar-refractivity contribution is -0.143. The Balaban J connectivity index is 1.44. The predicted octanol–water partition coefficient (Wildman–Crippen LogP) is 2.65. The fourth-order valence-corrected chi connectivity index (χ4v) is 4.63. The number of anilines is 1. The van der Waals surface area contributed by atoms with E-state index in [4.69, 9.17) is 4.74 Å². The van der Waals surface area contributed by atoms with Crippen LogP contribution in [-0.2, 0) is 4.79 Å². The van der Waals surface area contributed by atoms with Gasteiger partial charge in [-0.25, -0.2) is 0 Å². The Labute approximate surface area is 185 Å². The van der Waals surface area contributed by atoms with Crippen LogP contribution in [0.15, 0.2) is 24.5 Å². The number of hydrogen-bond acceptors (Lipinski definition) is 7. The molecule has 1 aliphatic carbocycles. The second-order valence-electron chi connectivity index (χ2n) is 8.89. The van der Waals surface area contributed by atoms with Crippen molar-refractivity contribution in [2.75, 3.05) is 26.5 Å². The molecule has 4 aromatic rings. The summed E-state index contributed by atoms with van der Waals surface area (Å²) < 4.78 is 7.57. The summed E-state index contributed by atoms with van der Waals surface area (Å²) in [5.41, 5.74) is 3.05. The van der Waals surface area contributed by atoms with Gasteiger partial charge in [-0.05, 0) is 31.9 Å². The molecule has 0 bridgehead atoms. The summed E-state index contributed by atoms with van der Waals surface area (Å²) in [7, 11) is 5.19. The highest BCUT2D eigenvalue weighted by Crippen LogP contribution is 2.43. The molecule has 0 aromatic carbocycles. The van der Waals surface area contributed by atoms with E-state index in [9.17, 15) is 4.79 Å². The summed E-state index contributed by atoms with van der Waals surface area (Å²) in [6.45, 7) is 3.92. The molecule has 0 aliphatic heterocycles. The standard InChI is InChI=1S/C22H26N8O2/c1-12-27-28-16-7-6-13(11-30(12)16)15-10-23-18-17(15)19(32-5)26-21(25-18)24-14-8-22(2,9-14)20(31)29(3)4/h6-7,10-11,14H,8-9H2,1-5H3,(H2,23,24,25,26)/t14-,22-. The molecule has 1 aliphatic rings. The zero-order valence-electron chi connectivity index (χ0n) is 18.8. The summed E-state index contributed by atoms with van der Waals surface area (Å²) in [4.78, 5) is 26.5. The Hall–Kier alpha value is -3.69. The van der Waals surface area contributed by atoms with Crippen LogP contribution in [0.2, 0.25) is 0 Å². The van der Waals surface area contributed by atoms with Crippen molar-refractivity contribution in [3.8, 4) is 17.0 Å². The van der Waals surface area contributed by atoms with E-state index in [2.05, 4.69) is 30.5 Å². The number of aromatic amines is 1. The lowest BCUT2D eigenvalue weighted by atomic mass is 9.66. The molecule has 0 spiro atoms. The first-order valence-electron chi connectivity index (χ1n) is 10.5. The van der Waals surface area contributed by atoms with Crippen LogP contribution in [0.25, 0.3) is 27.8 Å². The Morgan fingerprint density at radius 2 is 2.06 bits per heavy atom. The van der Waals surface area contributed by atoms with Crippen molar-refractivity contribution in [1.82, 2.24) is 34.4 Å². The van der Waals surface area contributed by atoms with Crippen molar-refractivity contribution in [2.24, 2.45) is 5.41 Å². The third-order valence-corrected chi connectivity index (χ3v) is 6.23. The van der Waals surface area contributed by atoms with E-state index in [0.29, 0.717) is 17.5 Å². The van der Waals surface area contributed by atoms with E-state index in [1.807, 2.05) is 42.8 Å². The van der Waals surface area contributed by atoms with Gasteiger partial charge in [0.1, 0.15) is 11.5 Å². The van der Waals surface area contributed by atoms with Crippen LogP contribution in [-0.4, -0.2) is 67.6 Å². The summed E-state index contributed by atoms with van der Waals surface area (Å²) in [5.74, 6) is 1.94. The smallest absolute Gasteiger partial charge is 0.228 e. The number of rotatable bonds is 5. The van der Waals surface area contributed by atoms with Crippen molar-refractivity contribution in [1.29, 1.82) is 0 Å². The molecule has 32 heavy (non-hydrogen) atoms. The molecule has 166 valence electrons. The van der Waals surface area contributed by atoms with E-state index in [1.54, 1.807) is 26.1 Å². The van der Waals surface area contributed by atoms with Gasteiger partial charge in [-0.1, -0.05) is 6.92 Å². The van der Waals surface area contributed by atoms with Gasteiger partial charge in [0.2, 0.25) is 17.7 Å². The number of aromatic nitrogens is 6. The predicted molar refractivity (Wildman–Crippen MR) is 121 cm³/mol. The molecule has 0 radical (unpaired) electrons. The summed E-state index contributed by atoms with van der Waals surface area (Å²) in [5, 5.41) is 12.4. The number of aryl methyl sites for hydroxylation is 1. The van der Waals surface area contributed by atoms with Crippen LogP contribution >= 0.6 is 0 Å². The number of ether oxygens (including phenoxy) is 1. The normalized spacial score (nSPS) is 20.3. The summed E-state index contributed by atoms with van der Waals surface area (Å²) in [6.07, 6.45) is 5.38. The quantitative estimate of drug-likeness (QED) is 0.496. The minimum Gasteiger partial charge on any atom is -0.480 e. The highest BCUT2D eigenvalue weighted by molar-refractivity contribution is 5.97. The second kappa shape index (κ2) is 7.18. The Morgan fingerprint density at radius 1 is 1.28 bits per heavy atom. The highest BCUT2D eigenvalue weighted by Gasteiger charge is 2.47. The van der Waals surface area contributed by atoms with Crippen molar-refractivity contribution < 1.29 is 9.53 Å². The zero-order chi connectivity index (χ0) is 22.6. The van der Waals surface area contributed by atoms with Crippen molar-refractivity contribution in [3.63, 3.8) is 0 Å². The molecule has 5 rings (SSSR count). The molecular formula is C22H26N8O2. The molecule has 1 amide bonds. The number of carbonyl (C=O) groups excluding carboxylic acids is 1. The Morgan fingerprint density at radius 3 is 2.78 bits per heavy atom. The maximum Gasteiger partial charge on any atom is 0.228 e. The number of methoxy groups -OCH3 is 1. The summed E-state index contributed by atoms with van der Waals surface area (Å²) in [6, 6.07) is 4.06. The van der Waals surface area contributed by atoms with Crippen molar-refractivity contribution in [3.05, 3.63) is 30.4 Å². The Kier molecular flexibility index (Phi) is 4.54. The number of hydrogen-bond donors (Lipinski definition) is 2. The van der Waals surface area contributed by atoms with Gasteiger partial charge >= 0.3 is 0 Å². The largest absolute Gasteiger partial charge is 0.480 e. The average Bonchev–Trinajstić information content (AvgIpc) is 3.34. The maximum absolute atomic E-state index is 12.4. The Bertz CT molecular complexity index is 1330. The van der Waals surface area contributed by atoms with E-state index >= 15 is 0 Å². The molecule has 1 saturated carbocycles. The minimum absolute atomic E-state index is 0.139. The fourth-order valence-electron chi connectivity index (χ4n) is 4.63. The average molecular weight is 435 g/mol. The number of pyridine rings is 1. The van der Waals surface area contributed by atoms with E-state index in [-0.39, 0.29) is 17.4 Å². The lowest BCUT2D eigenvalue weighted by Gasteiger charge is -2.45. The van der Waals surface area contributed by atoms with E-state index in [1.165, 1.54) is 0 Å². The lowest BCUT2D eigenvalue weighted by Crippen LogP contribution is -2.52. The molecule has 0 atom stereocenters. The van der Waals surface area contributed by atoms with Crippen LogP contribution in [0.3, 0.4) is 0 Å². The van der Waals surface area contributed by atoms with Gasteiger partial charge in [0.25, 0.3) is 0 Å². The first-order valence-corrected chi connectivity index (χ1v) is 10.5. The van der Waals surface area contributed by atoms with Crippen LogP contribution < -0.4 is 10.1 Å². The summed E-state index contributed by atoms with van der Waals surface area (Å²) >= 11 is 0. The topological polar surface area (TPSA) is 113 Å². The third-order valence-electron chi connectivity index (χ3n) is 6.23. The minimum atomic E-state index is -0.339. The van der Waals surface area contributed by atoms with Crippen LogP contribution in [0.4, 0.5) is 5.95 Å². The molecule has 10 heteroatoms. The number of amides is 1. The second-order valence-corrected chi connectivity index (χ2v) is 8.89. The van der Waals surface area contributed by atoms with E-state index < -0.39 is 0 Å². The monoisotopic (exact) mass is 434 g/mol. The van der Waals surface area contributed by atoms with Gasteiger partial charge in [-0.15, -0.1) is 10.2 Å². The molecule has 2 N–H and O–H groups in total. The van der Waals surface area contributed by atoms with Crippen LogP contribution in [0, 0.1) is 12.3 Å². The molecular weight excluding hydrogens is 408 g/mol. The molecule has 10 nitrogen and oxygen atoms in total. The fraction of sp³-hybridized carbons (Fsp3) is 0.409. The van der Waals surface area contributed by atoms with Crippen molar-refractivity contribution in [2.45, 2.75) is 32.7 Å². The van der Waals surface area contributed by atoms with Crippen LogP contribution in [0.1, 0.15) is 25.6 Å². The van der Waals surface area contributed by atoms with Gasteiger partial charge in [-0.2, -0.15) is 9.97 Å². The van der Waals surface area contributed by atoms with Crippen LogP contribution in [0.5, 0.6) is 5.88 Å². The maximum atomic E-state index is 12.4. The number of nitrogens with zero attached hydrogens (tertiary/aromatic N) is 6. The van der Waals surface area contributed by atoms with Gasteiger partial charge in [-0.3, -0.25) is 9.20 Å².